The van der Waals surface area contributed by atoms with Gasteiger partial charge in [0.15, 0.2) is 5.78 Å². The quantitative estimate of drug-likeness (QED) is 0.546. The molecule has 0 aromatic heterocycles. The van der Waals surface area contributed by atoms with Gasteiger partial charge in [0.25, 0.3) is 0 Å². The van der Waals surface area contributed by atoms with Crippen LogP contribution in [0.2, 0.25) is 5.02 Å². The number of nitrogens with one attached hydrogen (secondary N) is 1. The molecule has 2 aliphatic carbocycles. The monoisotopic (exact) mass is 475 g/mol. The Kier molecular flexibility index (Phi) is 4.67. The summed E-state index contributed by atoms with van der Waals surface area (Å²) in [4.78, 5) is 14.1. The van der Waals surface area contributed by atoms with Crippen molar-refractivity contribution in [1.29, 1.82) is 0 Å². The SMILES string of the molecule is O=C1C[C@H]2C(c3ccccc3)=CC[C@@H](c3ccc(Cl)cc3)[C@@H]2[C@]12NS(=O)(=O)c1ccccc12. The maximum atomic E-state index is 13.8. The Bertz CT molecular complexity index is 1400. The van der Waals surface area contributed by atoms with Crippen molar-refractivity contribution in [3.63, 3.8) is 0 Å². The van der Waals surface area contributed by atoms with E-state index in [0.717, 1.165) is 16.7 Å². The third-order valence-corrected chi connectivity index (χ3v) is 9.28. The highest BCUT2D eigenvalue weighted by molar-refractivity contribution is 7.90. The maximum absolute atomic E-state index is 13.8. The van der Waals surface area contributed by atoms with Crippen LogP contribution in [0.15, 0.2) is 89.8 Å². The van der Waals surface area contributed by atoms with Crippen LogP contribution in [-0.4, -0.2) is 14.2 Å². The van der Waals surface area contributed by atoms with Crippen LogP contribution in [0.1, 0.15) is 35.4 Å². The van der Waals surface area contributed by atoms with Crippen LogP contribution in [0.3, 0.4) is 0 Å². The molecular weight excluding hydrogens is 454 g/mol. The molecule has 1 N–H and O–H groups in total. The highest BCUT2D eigenvalue weighted by Gasteiger charge is 2.65. The zero-order valence-corrected chi connectivity index (χ0v) is 19.3. The van der Waals surface area contributed by atoms with E-state index in [1.165, 1.54) is 0 Å². The molecule has 6 rings (SSSR count). The van der Waals surface area contributed by atoms with Crippen molar-refractivity contribution in [2.24, 2.45) is 11.8 Å². The number of rotatable bonds is 2. The van der Waals surface area contributed by atoms with Gasteiger partial charge in [-0.2, -0.15) is 4.72 Å². The number of carbonyl (C=O) groups excluding carboxylic acids is 1. The molecule has 0 radical (unpaired) electrons. The Morgan fingerprint density at radius 1 is 0.879 bits per heavy atom. The lowest BCUT2D eigenvalue weighted by atomic mass is 9.63. The van der Waals surface area contributed by atoms with Crippen LogP contribution in [0.25, 0.3) is 5.57 Å². The van der Waals surface area contributed by atoms with Gasteiger partial charge in [0.05, 0.1) is 4.90 Å². The number of fused-ring (bicyclic) bond motifs is 4. The van der Waals surface area contributed by atoms with Gasteiger partial charge >= 0.3 is 0 Å². The van der Waals surface area contributed by atoms with Crippen LogP contribution < -0.4 is 4.72 Å². The standard InChI is InChI=1S/C27H22ClNO3S/c28-19-12-10-18(11-13-19)21-15-14-20(17-6-2-1-3-7-17)22-16-25(30)27(26(21)22)23-8-4-5-9-24(23)33(31,32)29-27/h1-14,21-22,26,29H,15-16H2/t21-,22-,26-,27+/m0/s1. The molecule has 3 aliphatic rings. The molecule has 4 atom stereocenters. The number of benzene rings is 3. The summed E-state index contributed by atoms with van der Waals surface area (Å²) in [6, 6.07) is 24.7. The topological polar surface area (TPSA) is 63.2 Å². The average molecular weight is 476 g/mol. The van der Waals surface area contributed by atoms with Crippen molar-refractivity contribution >= 4 is 33.0 Å². The first-order valence-corrected chi connectivity index (χ1v) is 13.0. The second-order valence-electron chi connectivity index (χ2n) is 9.09. The second-order valence-corrected chi connectivity index (χ2v) is 11.2. The minimum absolute atomic E-state index is 0.0277. The van der Waals surface area contributed by atoms with E-state index in [1.54, 1.807) is 18.2 Å². The third kappa shape index (κ3) is 2.99. The maximum Gasteiger partial charge on any atom is 0.242 e. The lowest BCUT2D eigenvalue weighted by molar-refractivity contribution is -0.123. The first-order valence-electron chi connectivity index (χ1n) is 11.1. The predicted molar refractivity (Wildman–Crippen MR) is 128 cm³/mol. The lowest BCUT2D eigenvalue weighted by Crippen LogP contribution is -2.51. The zero-order chi connectivity index (χ0) is 22.8. The van der Waals surface area contributed by atoms with Gasteiger partial charge in [0.2, 0.25) is 10.0 Å². The van der Waals surface area contributed by atoms with E-state index in [2.05, 4.69) is 22.9 Å². The van der Waals surface area contributed by atoms with Gasteiger partial charge in [0, 0.05) is 22.9 Å². The fourth-order valence-electron chi connectivity index (χ4n) is 6.23. The molecule has 0 amide bonds. The summed E-state index contributed by atoms with van der Waals surface area (Å²) >= 11 is 6.16. The molecule has 1 spiro atoms. The number of halogens is 1. The van der Waals surface area contributed by atoms with Crippen molar-refractivity contribution in [3.05, 3.63) is 107 Å². The van der Waals surface area contributed by atoms with Gasteiger partial charge < -0.3 is 0 Å². The predicted octanol–water partition coefficient (Wildman–Crippen LogP) is 5.30. The van der Waals surface area contributed by atoms with Crippen LogP contribution in [0.4, 0.5) is 0 Å². The van der Waals surface area contributed by atoms with Crippen molar-refractivity contribution in [2.75, 3.05) is 0 Å². The molecular formula is C27H22ClNO3S. The van der Waals surface area contributed by atoms with Crippen molar-refractivity contribution < 1.29 is 13.2 Å². The molecule has 1 aliphatic heterocycles. The summed E-state index contributed by atoms with van der Waals surface area (Å²) in [5.41, 5.74) is 2.59. The van der Waals surface area contributed by atoms with Gasteiger partial charge in [-0.05, 0) is 53.2 Å². The first kappa shape index (κ1) is 20.8. The number of ketones is 1. The van der Waals surface area contributed by atoms with Crippen LogP contribution >= 0.6 is 11.6 Å². The molecule has 4 nitrogen and oxygen atoms in total. The second kappa shape index (κ2) is 7.39. The molecule has 0 saturated heterocycles. The van der Waals surface area contributed by atoms with Gasteiger partial charge in [-0.25, -0.2) is 8.42 Å². The van der Waals surface area contributed by atoms with Crippen LogP contribution in [0, 0.1) is 11.8 Å². The summed E-state index contributed by atoms with van der Waals surface area (Å²) in [5.74, 6) is -0.429. The smallest absolute Gasteiger partial charge is 0.242 e. The Morgan fingerprint density at radius 3 is 2.33 bits per heavy atom. The number of carbonyl (C=O) groups is 1. The number of hydrogen-bond acceptors (Lipinski definition) is 3. The van der Waals surface area contributed by atoms with Gasteiger partial charge in [-0.3, -0.25) is 4.79 Å². The fourth-order valence-corrected chi connectivity index (χ4v) is 8.03. The van der Waals surface area contributed by atoms with E-state index in [4.69, 9.17) is 11.6 Å². The van der Waals surface area contributed by atoms with Gasteiger partial charge in [0.1, 0.15) is 5.54 Å². The third-order valence-electron chi connectivity index (χ3n) is 7.51. The summed E-state index contributed by atoms with van der Waals surface area (Å²) in [5, 5.41) is 0.649. The first-order chi connectivity index (χ1) is 15.9. The highest BCUT2D eigenvalue weighted by atomic mass is 35.5. The Labute approximate surface area is 198 Å². The number of sulfonamides is 1. The normalized spacial score (nSPS) is 29.5. The van der Waals surface area contributed by atoms with E-state index in [9.17, 15) is 13.2 Å². The molecule has 1 saturated carbocycles. The molecule has 166 valence electrons. The summed E-state index contributed by atoms with van der Waals surface area (Å²) in [6.07, 6.45) is 3.25. The van der Waals surface area contributed by atoms with Crippen LogP contribution in [0.5, 0.6) is 0 Å². The van der Waals surface area contributed by atoms with E-state index in [0.29, 0.717) is 23.4 Å². The Balaban J connectivity index is 1.59. The molecule has 1 fully saturated rings. The molecule has 0 bridgehead atoms. The van der Waals surface area contributed by atoms with Gasteiger partial charge in [-0.1, -0.05) is 78.3 Å². The number of allylic oxidation sites excluding steroid dienone is 2. The zero-order valence-electron chi connectivity index (χ0n) is 17.7. The van der Waals surface area contributed by atoms with Gasteiger partial charge in [-0.15, -0.1) is 0 Å². The Hall–Kier alpha value is -2.73. The van der Waals surface area contributed by atoms with E-state index < -0.39 is 15.6 Å². The molecule has 1 heterocycles. The van der Waals surface area contributed by atoms with Crippen molar-refractivity contribution in [2.45, 2.75) is 29.2 Å². The number of Topliss-reactive ketones (excluding diaryl/α,β-unsaturated/α-hetero) is 1. The number of hydrogen-bond donors (Lipinski definition) is 1. The lowest BCUT2D eigenvalue weighted by Gasteiger charge is -2.41. The van der Waals surface area contributed by atoms with Crippen molar-refractivity contribution in [1.82, 2.24) is 4.72 Å². The Morgan fingerprint density at radius 2 is 1.58 bits per heavy atom. The highest BCUT2D eigenvalue weighted by Crippen LogP contribution is 2.61. The minimum atomic E-state index is -3.79. The molecule has 0 unspecified atom stereocenters. The van der Waals surface area contributed by atoms with E-state index in [1.807, 2.05) is 48.5 Å². The summed E-state index contributed by atoms with van der Waals surface area (Å²) < 4.78 is 29.2. The fraction of sp³-hybridized carbons (Fsp3) is 0.222. The van der Waals surface area contributed by atoms with Crippen LogP contribution in [-0.2, 0) is 20.4 Å². The molecule has 6 heteroatoms. The minimum Gasteiger partial charge on any atom is -0.297 e. The molecule has 3 aromatic carbocycles. The largest absolute Gasteiger partial charge is 0.297 e. The van der Waals surface area contributed by atoms with Crippen molar-refractivity contribution in [3.8, 4) is 0 Å². The summed E-state index contributed by atoms with van der Waals surface area (Å²) in [6.45, 7) is 0. The summed E-state index contributed by atoms with van der Waals surface area (Å²) in [7, 11) is -3.79. The molecule has 33 heavy (non-hydrogen) atoms. The average Bonchev–Trinajstić information content (AvgIpc) is 3.25. The van der Waals surface area contributed by atoms with E-state index >= 15 is 0 Å². The van der Waals surface area contributed by atoms with E-state index in [-0.39, 0.29) is 28.4 Å². The molecule has 3 aromatic rings.